The molecular formula is C19H30N6O. The Labute approximate surface area is 155 Å². The summed E-state index contributed by atoms with van der Waals surface area (Å²) < 4.78 is 1.71. The molecule has 0 bridgehead atoms. The predicted molar refractivity (Wildman–Crippen MR) is 102 cm³/mol. The van der Waals surface area contributed by atoms with Crippen molar-refractivity contribution in [1.29, 1.82) is 0 Å². The summed E-state index contributed by atoms with van der Waals surface area (Å²) in [6.07, 6.45) is 1.92. The minimum absolute atomic E-state index is 0.0474. The molecule has 0 unspecified atom stereocenters. The van der Waals surface area contributed by atoms with Gasteiger partial charge in [-0.3, -0.25) is 4.79 Å². The van der Waals surface area contributed by atoms with Crippen molar-refractivity contribution in [3.8, 4) is 5.95 Å². The molecule has 0 aromatic carbocycles. The summed E-state index contributed by atoms with van der Waals surface area (Å²) in [4.78, 5) is 21.3. The smallest absolute Gasteiger partial charge is 0.251 e. The van der Waals surface area contributed by atoms with Crippen LogP contribution in [0, 0.1) is 27.7 Å². The van der Waals surface area contributed by atoms with Crippen molar-refractivity contribution < 1.29 is 4.79 Å². The number of aryl methyl sites for hydroxylation is 3. The molecule has 0 aliphatic rings. The second-order valence-electron chi connectivity index (χ2n) is 7.03. The highest BCUT2D eigenvalue weighted by Gasteiger charge is 2.22. The van der Waals surface area contributed by atoms with Gasteiger partial charge in [-0.2, -0.15) is 5.10 Å². The summed E-state index contributed by atoms with van der Waals surface area (Å²) in [6.45, 7) is 12.3. The molecule has 2 heterocycles. The predicted octanol–water partition coefficient (Wildman–Crippen LogP) is 2.07. The summed E-state index contributed by atoms with van der Waals surface area (Å²) in [6, 6.07) is 1.92. The molecule has 2 rings (SSSR count). The Bertz CT molecular complexity index is 771. The lowest BCUT2D eigenvalue weighted by atomic mass is 9.94. The number of hydrogen-bond acceptors (Lipinski definition) is 5. The first-order valence-corrected chi connectivity index (χ1v) is 9.12. The fourth-order valence-electron chi connectivity index (χ4n) is 2.93. The number of nitrogens with two attached hydrogens (primary N) is 1. The van der Waals surface area contributed by atoms with Crippen LogP contribution in [-0.2, 0) is 11.2 Å². The van der Waals surface area contributed by atoms with Crippen molar-refractivity contribution in [1.82, 2.24) is 25.1 Å². The number of aromatic nitrogens is 4. The Morgan fingerprint density at radius 2 is 1.73 bits per heavy atom. The normalized spacial score (nSPS) is 11.7. The van der Waals surface area contributed by atoms with Crippen LogP contribution in [0.15, 0.2) is 6.07 Å². The Morgan fingerprint density at radius 3 is 2.27 bits per heavy atom. The molecule has 2 aromatic heterocycles. The molecule has 3 N–H and O–H groups in total. The van der Waals surface area contributed by atoms with Gasteiger partial charge in [0.05, 0.1) is 12.1 Å². The van der Waals surface area contributed by atoms with Crippen LogP contribution < -0.4 is 11.1 Å². The number of carbonyl (C=O) groups is 1. The van der Waals surface area contributed by atoms with Crippen LogP contribution in [-0.4, -0.2) is 37.7 Å². The number of hydrogen-bond donors (Lipinski definition) is 2. The highest BCUT2D eigenvalue weighted by molar-refractivity contribution is 5.79. The molecule has 2 aromatic rings. The van der Waals surface area contributed by atoms with E-state index in [4.69, 9.17) is 5.73 Å². The summed E-state index contributed by atoms with van der Waals surface area (Å²) in [5.41, 5.74) is 10.3. The van der Waals surface area contributed by atoms with Crippen molar-refractivity contribution >= 4 is 5.91 Å². The van der Waals surface area contributed by atoms with Gasteiger partial charge in [0.25, 0.3) is 5.95 Å². The lowest BCUT2D eigenvalue weighted by Crippen LogP contribution is -2.49. The Hall–Kier alpha value is -2.28. The molecule has 0 aliphatic heterocycles. The fraction of sp³-hybridized carbons (Fsp3) is 0.579. The summed E-state index contributed by atoms with van der Waals surface area (Å²) >= 11 is 0. The van der Waals surface area contributed by atoms with Crippen molar-refractivity contribution in [3.63, 3.8) is 0 Å². The van der Waals surface area contributed by atoms with E-state index >= 15 is 0 Å². The first kappa shape index (κ1) is 20.0. The molecule has 0 saturated carbocycles. The largest absolute Gasteiger partial charge is 0.354 e. The molecule has 7 nitrogen and oxygen atoms in total. The van der Waals surface area contributed by atoms with Crippen molar-refractivity contribution in [3.05, 3.63) is 34.4 Å². The van der Waals surface area contributed by atoms with Crippen LogP contribution in [0.5, 0.6) is 0 Å². The van der Waals surface area contributed by atoms with Crippen LogP contribution in [0.25, 0.3) is 5.95 Å². The molecule has 0 radical (unpaired) electrons. The minimum atomic E-state index is -0.350. The van der Waals surface area contributed by atoms with E-state index < -0.39 is 0 Å². The average Bonchev–Trinajstić information content (AvgIpc) is 2.87. The first-order valence-electron chi connectivity index (χ1n) is 9.12. The van der Waals surface area contributed by atoms with Crippen LogP contribution in [0.4, 0.5) is 0 Å². The van der Waals surface area contributed by atoms with Gasteiger partial charge in [0, 0.05) is 34.7 Å². The van der Waals surface area contributed by atoms with Crippen molar-refractivity contribution in [2.24, 2.45) is 5.73 Å². The highest BCUT2D eigenvalue weighted by Crippen LogP contribution is 2.17. The van der Waals surface area contributed by atoms with Gasteiger partial charge in [-0.1, -0.05) is 13.8 Å². The zero-order valence-corrected chi connectivity index (χ0v) is 16.7. The van der Waals surface area contributed by atoms with Gasteiger partial charge in [-0.05, 0) is 46.6 Å². The van der Waals surface area contributed by atoms with Gasteiger partial charge in [-0.25, -0.2) is 14.6 Å². The van der Waals surface area contributed by atoms with Gasteiger partial charge in [0.2, 0.25) is 5.91 Å². The first-order chi connectivity index (χ1) is 12.2. The number of nitrogens with one attached hydrogen (secondary N) is 1. The average molecular weight is 358 g/mol. The van der Waals surface area contributed by atoms with Gasteiger partial charge < -0.3 is 11.1 Å². The van der Waals surface area contributed by atoms with E-state index in [1.165, 1.54) is 0 Å². The molecule has 0 fully saturated rings. The molecule has 26 heavy (non-hydrogen) atoms. The number of rotatable bonds is 7. The van der Waals surface area contributed by atoms with Crippen LogP contribution >= 0.6 is 0 Å². The van der Waals surface area contributed by atoms with E-state index in [9.17, 15) is 4.79 Å². The zero-order chi connectivity index (χ0) is 19.5. The lowest BCUT2D eigenvalue weighted by Gasteiger charge is -2.26. The molecule has 0 atom stereocenters. The molecule has 0 spiro atoms. The van der Waals surface area contributed by atoms with E-state index in [-0.39, 0.29) is 17.9 Å². The molecule has 142 valence electrons. The van der Waals surface area contributed by atoms with Crippen LogP contribution in [0.3, 0.4) is 0 Å². The maximum absolute atomic E-state index is 12.4. The third-order valence-corrected chi connectivity index (χ3v) is 4.98. The molecular weight excluding hydrogens is 328 g/mol. The topological polar surface area (TPSA) is 98.7 Å². The number of carbonyl (C=O) groups excluding carboxylic acids is 1. The molecule has 7 heteroatoms. The Morgan fingerprint density at radius 1 is 1.15 bits per heavy atom. The Kier molecular flexibility index (Phi) is 6.13. The van der Waals surface area contributed by atoms with Gasteiger partial charge >= 0.3 is 0 Å². The van der Waals surface area contributed by atoms with Crippen LogP contribution in [0.2, 0.25) is 0 Å². The Balaban J connectivity index is 2.19. The van der Waals surface area contributed by atoms with Gasteiger partial charge in [0.1, 0.15) is 0 Å². The minimum Gasteiger partial charge on any atom is -0.354 e. The summed E-state index contributed by atoms with van der Waals surface area (Å²) in [7, 11) is 0. The second-order valence-corrected chi connectivity index (χ2v) is 7.03. The molecule has 0 aliphatic carbocycles. The standard InChI is InChI=1S/C19H30N6O/c1-7-19(20,8-2)11-21-17(26)10-16-14(5)24-25(15(16)6)18-22-12(3)9-13(4)23-18/h9H,7-8,10-11,20H2,1-6H3,(H,21,26). The lowest BCUT2D eigenvalue weighted by molar-refractivity contribution is -0.120. The van der Waals surface area contributed by atoms with Gasteiger partial charge in [0.15, 0.2) is 0 Å². The molecule has 1 amide bonds. The fourth-order valence-corrected chi connectivity index (χ4v) is 2.93. The highest BCUT2D eigenvalue weighted by atomic mass is 16.1. The maximum Gasteiger partial charge on any atom is 0.251 e. The van der Waals surface area contributed by atoms with Crippen LogP contribution in [0.1, 0.15) is 55.0 Å². The third kappa shape index (κ3) is 4.46. The molecule has 0 saturated heterocycles. The van der Waals surface area contributed by atoms with E-state index in [0.717, 1.165) is 41.2 Å². The van der Waals surface area contributed by atoms with E-state index in [1.54, 1.807) is 4.68 Å². The number of amides is 1. The SMILES string of the molecule is CCC(N)(CC)CNC(=O)Cc1c(C)nn(-c2nc(C)cc(C)n2)c1C. The quantitative estimate of drug-likeness (QED) is 0.789. The second kappa shape index (κ2) is 7.95. The monoisotopic (exact) mass is 358 g/mol. The van der Waals surface area contributed by atoms with E-state index in [0.29, 0.717) is 12.5 Å². The van der Waals surface area contributed by atoms with Crippen molar-refractivity contribution in [2.75, 3.05) is 6.54 Å². The van der Waals surface area contributed by atoms with E-state index in [2.05, 4.69) is 20.4 Å². The van der Waals surface area contributed by atoms with E-state index in [1.807, 2.05) is 47.6 Å². The maximum atomic E-state index is 12.4. The third-order valence-electron chi connectivity index (χ3n) is 4.98. The summed E-state index contributed by atoms with van der Waals surface area (Å²) in [5.74, 6) is 0.488. The summed E-state index contributed by atoms with van der Waals surface area (Å²) in [5, 5.41) is 7.51. The zero-order valence-electron chi connectivity index (χ0n) is 16.7. The van der Waals surface area contributed by atoms with Gasteiger partial charge in [-0.15, -0.1) is 0 Å². The van der Waals surface area contributed by atoms with Crippen molar-refractivity contribution in [2.45, 2.75) is 66.3 Å². The number of nitrogens with zero attached hydrogens (tertiary/aromatic N) is 4.